The molecule has 1 aliphatic heterocycles. The van der Waals surface area contributed by atoms with Crippen molar-refractivity contribution < 1.29 is 14.3 Å². The lowest BCUT2D eigenvalue weighted by atomic mass is 10.1. The van der Waals surface area contributed by atoms with Crippen LogP contribution in [0.3, 0.4) is 0 Å². The van der Waals surface area contributed by atoms with Crippen molar-refractivity contribution in [3.05, 3.63) is 33.8 Å². The van der Waals surface area contributed by atoms with E-state index in [0.717, 1.165) is 0 Å². The van der Waals surface area contributed by atoms with Crippen LogP contribution in [0.5, 0.6) is 0 Å². The van der Waals surface area contributed by atoms with Crippen molar-refractivity contribution in [2.75, 3.05) is 19.7 Å². The highest BCUT2D eigenvalue weighted by Crippen LogP contribution is 2.23. The lowest BCUT2D eigenvalue weighted by molar-refractivity contribution is 0.0943. The predicted octanol–water partition coefficient (Wildman–Crippen LogP) is 2.63. The van der Waals surface area contributed by atoms with Gasteiger partial charge in [-0.15, -0.1) is 0 Å². The highest BCUT2D eigenvalue weighted by molar-refractivity contribution is 6.42. The van der Waals surface area contributed by atoms with Gasteiger partial charge in [0, 0.05) is 5.56 Å². The summed E-state index contributed by atoms with van der Waals surface area (Å²) < 4.78 is 4.73. The molecule has 4 nitrogen and oxygen atoms in total. The van der Waals surface area contributed by atoms with Crippen LogP contribution in [0.15, 0.2) is 18.2 Å². The van der Waals surface area contributed by atoms with Crippen molar-refractivity contribution in [3.63, 3.8) is 0 Å². The summed E-state index contributed by atoms with van der Waals surface area (Å²) in [7, 11) is 0. The summed E-state index contributed by atoms with van der Waals surface area (Å²) in [5.74, 6) is -0.192. The van der Waals surface area contributed by atoms with E-state index in [9.17, 15) is 9.59 Å². The van der Waals surface area contributed by atoms with E-state index < -0.39 is 6.09 Å². The molecule has 0 N–H and O–H groups in total. The number of cyclic esters (lactones) is 1. The molecule has 1 amide bonds. The number of hydrogen-bond donors (Lipinski definition) is 0. The first-order valence-corrected chi connectivity index (χ1v) is 5.73. The van der Waals surface area contributed by atoms with Gasteiger partial charge in [-0.2, -0.15) is 0 Å². The van der Waals surface area contributed by atoms with E-state index >= 15 is 0 Å². The smallest absolute Gasteiger partial charge is 0.410 e. The molecule has 0 saturated carbocycles. The lowest BCUT2D eigenvalue weighted by Gasteiger charge is -2.11. The van der Waals surface area contributed by atoms with E-state index in [-0.39, 0.29) is 12.3 Å². The number of benzene rings is 1. The fourth-order valence-electron chi connectivity index (χ4n) is 1.50. The second-order valence-corrected chi connectivity index (χ2v) is 4.40. The van der Waals surface area contributed by atoms with Gasteiger partial charge in [-0.3, -0.25) is 9.69 Å². The van der Waals surface area contributed by atoms with E-state index in [2.05, 4.69) is 0 Å². The van der Waals surface area contributed by atoms with Crippen molar-refractivity contribution in [3.8, 4) is 0 Å². The first-order valence-electron chi connectivity index (χ1n) is 4.98. The van der Waals surface area contributed by atoms with Gasteiger partial charge < -0.3 is 4.74 Å². The molecule has 1 aromatic rings. The van der Waals surface area contributed by atoms with Crippen molar-refractivity contribution in [1.29, 1.82) is 0 Å². The Labute approximate surface area is 108 Å². The van der Waals surface area contributed by atoms with Crippen molar-refractivity contribution in [1.82, 2.24) is 4.90 Å². The van der Waals surface area contributed by atoms with E-state index in [1.807, 2.05) is 0 Å². The molecule has 1 fully saturated rings. The van der Waals surface area contributed by atoms with Gasteiger partial charge in [-0.05, 0) is 18.2 Å². The van der Waals surface area contributed by atoms with Gasteiger partial charge >= 0.3 is 6.09 Å². The normalized spacial score (nSPS) is 14.9. The third-order valence-corrected chi connectivity index (χ3v) is 3.16. The third-order valence-electron chi connectivity index (χ3n) is 2.42. The number of hydrogen-bond acceptors (Lipinski definition) is 3. The summed E-state index contributed by atoms with van der Waals surface area (Å²) in [6.45, 7) is 0.760. The topological polar surface area (TPSA) is 46.6 Å². The molecule has 6 heteroatoms. The molecular formula is C11H9Cl2NO3. The predicted molar refractivity (Wildman–Crippen MR) is 63.7 cm³/mol. The number of nitrogens with zero attached hydrogens (tertiary/aromatic N) is 1. The molecule has 0 radical (unpaired) electrons. The van der Waals surface area contributed by atoms with Crippen LogP contribution in [0.25, 0.3) is 0 Å². The zero-order valence-corrected chi connectivity index (χ0v) is 10.3. The van der Waals surface area contributed by atoms with Crippen LogP contribution >= 0.6 is 23.2 Å². The van der Waals surface area contributed by atoms with E-state index in [1.54, 1.807) is 12.1 Å². The van der Waals surface area contributed by atoms with Crippen LogP contribution in [0, 0.1) is 0 Å². The second-order valence-electron chi connectivity index (χ2n) is 3.59. The molecule has 17 heavy (non-hydrogen) atoms. The Bertz CT molecular complexity index is 476. The summed E-state index contributed by atoms with van der Waals surface area (Å²) in [4.78, 5) is 24.4. The second kappa shape index (κ2) is 4.94. The summed E-state index contributed by atoms with van der Waals surface area (Å²) in [5, 5.41) is 0.713. The Hall–Kier alpha value is -1.26. The molecule has 0 aromatic heterocycles. The van der Waals surface area contributed by atoms with Crippen LogP contribution in [-0.4, -0.2) is 36.5 Å². The monoisotopic (exact) mass is 273 g/mol. The molecule has 1 heterocycles. The van der Waals surface area contributed by atoms with Gasteiger partial charge in [0.1, 0.15) is 6.61 Å². The first kappa shape index (κ1) is 12.2. The number of ketones is 1. The minimum Gasteiger partial charge on any atom is -0.448 e. The minimum atomic E-state index is -0.460. The van der Waals surface area contributed by atoms with E-state index in [4.69, 9.17) is 27.9 Å². The average molecular weight is 274 g/mol. The summed E-state index contributed by atoms with van der Waals surface area (Å²) in [5.41, 5.74) is 0.430. The Morgan fingerprint density at radius 3 is 2.71 bits per heavy atom. The maximum Gasteiger partial charge on any atom is 0.410 e. The number of carbonyl (C=O) groups excluding carboxylic acids is 2. The van der Waals surface area contributed by atoms with Crippen molar-refractivity contribution >= 4 is 35.1 Å². The van der Waals surface area contributed by atoms with Gasteiger partial charge in [0.25, 0.3) is 0 Å². The highest BCUT2D eigenvalue weighted by atomic mass is 35.5. The number of amides is 1. The SMILES string of the molecule is O=C(CN1CCOC1=O)c1ccc(Cl)c(Cl)c1. The molecule has 0 atom stereocenters. The van der Waals surface area contributed by atoms with Crippen molar-refractivity contribution in [2.24, 2.45) is 0 Å². The quantitative estimate of drug-likeness (QED) is 0.796. The van der Waals surface area contributed by atoms with Gasteiger partial charge in [-0.1, -0.05) is 23.2 Å². The molecule has 1 saturated heterocycles. The van der Waals surface area contributed by atoms with E-state index in [1.165, 1.54) is 11.0 Å². The van der Waals surface area contributed by atoms with Crippen LogP contribution in [-0.2, 0) is 4.74 Å². The lowest BCUT2D eigenvalue weighted by Crippen LogP contribution is -2.30. The minimum absolute atomic E-state index is 0.00318. The number of carbonyl (C=O) groups is 2. The van der Waals surface area contributed by atoms with Crippen LogP contribution in [0.4, 0.5) is 4.79 Å². The summed E-state index contributed by atoms with van der Waals surface area (Å²) in [6.07, 6.45) is -0.460. The van der Waals surface area contributed by atoms with Crippen LogP contribution < -0.4 is 0 Å². The molecule has 1 aromatic carbocycles. The van der Waals surface area contributed by atoms with Crippen LogP contribution in [0.1, 0.15) is 10.4 Å². The molecule has 1 aliphatic rings. The Morgan fingerprint density at radius 1 is 1.35 bits per heavy atom. The van der Waals surface area contributed by atoms with Crippen molar-refractivity contribution in [2.45, 2.75) is 0 Å². The Kier molecular flexibility index (Phi) is 3.54. The highest BCUT2D eigenvalue weighted by Gasteiger charge is 2.24. The molecule has 0 unspecified atom stereocenters. The molecule has 0 aliphatic carbocycles. The zero-order chi connectivity index (χ0) is 12.4. The molecule has 2 rings (SSSR count). The van der Waals surface area contributed by atoms with Crippen LogP contribution in [0.2, 0.25) is 10.0 Å². The number of halogens is 2. The summed E-state index contributed by atoms with van der Waals surface area (Å²) in [6, 6.07) is 4.63. The third kappa shape index (κ3) is 2.70. The van der Waals surface area contributed by atoms with E-state index in [0.29, 0.717) is 28.8 Å². The maximum atomic E-state index is 11.9. The number of ether oxygens (including phenoxy) is 1. The van der Waals surface area contributed by atoms with Gasteiger partial charge in [0.05, 0.1) is 23.1 Å². The molecule has 0 spiro atoms. The fourth-order valence-corrected chi connectivity index (χ4v) is 1.80. The Balaban J connectivity index is 2.09. The van der Waals surface area contributed by atoms with Gasteiger partial charge in [0.15, 0.2) is 5.78 Å². The fraction of sp³-hybridized carbons (Fsp3) is 0.273. The summed E-state index contributed by atoms with van der Waals surface area (Å²) >= 11 is 11.6. The molecule has 0 bridgehead atoms. The number of rotatable bonds is 3. The Morgan fingerprint density at radius 2 is 2.12 bits per heavy atom. The zero-order valence-electron chi connectivity index (χ0n) is 8.78. The van der Waals surface area contributed by atoms with Gasteiger partial charge in [-0.25, -0.2) is 4.79 Å². The first-order chi connectivity index (χ1) is 8.08. The largest absolute Gasteiger partial charge is 0.448 e. The number of Topliss-reactive ketones (excluding diaryl/α,β-unsaturated/α-hetero) is 1. The molecular weight excluding hydrogens is 265 g/mol. The maximum absolute atomic E-state index is 11.9. The average Bonchev–Trinajstić information content (AvgIpc) is 2.68. The molecule has 90 valence electrons. The standard InChI is InChI=1S/C11H9Cl2NO3/c12-8-2-1-7(5-9(8)13)10(15)6-14-3-4-17-11(14)16/h1-2,5H,3-4,6H2. The van der Waals surface area contributed by atoms with Gasteiger partial charge in [0.2, 0.25) is 0 Å².